The monoisotopic (exact) mass is 401 g/mol. The third-order valence-corrected chi connectivity index (χ3v) is 4.02. The van der Waals surface area contributed by atoms with E-state index in [1.165, 1.54) is 0 Å². The normalized spacial score (nSPS) is 17.5. The second-order valence-corrected chi connectivity index (χ2v) is 5.67. The summed E-state index contributed by atoms with van der Waals surface area (Å²) in [7, 11) is 2.25. The standard InChI is InChI=1S/C15H19N3O2.HI/c1-3-8-18(2)9-6-17(7-10-18)15-16-13-5-4-12(19)11-14(13)20-15;/h3-5,11H,1,6-10H2,2H3;1H. The van der Waals surface area contributed by atoms with Gasteiger partial charge in [0.15, 0.2) is 5.58 Å². The van der Waals surface area contributed by atoms with Crippen molar-refractivity contribution in [3.05, 3.63) is 30.9 Å². The second kappa shape index (κ2) is 6.23. The lowest BCUT2D eigenvalue weighted by atomic mass is 10.2. The Morgan fingerprint density at radius 3 is 2.81 bits per heavy atom. The molecule has 0 spiro atoms. The van der Waals surface area contributed by atoms with Crippen molar-refractivity contribution >= 4 is 17.1 Å². The molecule has 2 heterocycles. The first-order valence-electron chi connectivity index (χ1n) is 6.89. The molecule has 0 unspecified atom stereocenters. The van der Waals surface area contributed by atoms with Gasteiger partial charge >= 0.3 is 0 Å². The molecule has 1 aliphatic heterocycles. The number of hydrogen-bond donors (Lipinski definition) is 1. The SMILES string of the molecule is C=CC[N+]1(C)CCN(c2nc3ccc(O)cc3o2)CC1.[I-]. The molecule has 0 atom stereocenters. The van der Waals surface area contributed by atoms with Gasteiger partial charge in [-0.15, -0.1) is 0 Å². The van der Waals surface area contributed by atoms with Crippen molar-refractivity contribution < 1.29 is 38.0 Å². The van der Waals surface area contributed by atoms with Gasteiger partial charge in [-0.05, 0) is 18.2 Å². The summed E-state index contributed by atoms with van der Waals surface area (Å²) in [5.41, 5.74) is 1.42. The van der Waals surface area contributed by atoms with E-state index >= 15 is 0 Å². The molecule has 1 saturated heterocycles. The predicted octanol–water partition coefficient (Wildman–Crippen LogP) is -1.01. The summed E-state index contributed by atoms with van der Waals surface area (Å²) in [5.74, 6) is 0.203. The minimum Gasteiger partial charge on any atom is -1.00 e. The number of hydrogen-bond acceptors (Lipinski definition) is 4. The first-order chi connectivity index (χ1) is 9.59. The molecule has 1 aliphatic rings. The minimum atomic E-state index is 0. The maximum Gasteiger partial charge on any atom is 0.298 e. The van der Waals surface area contributed by atoms with Gasteiger partial charge in [0.25, 0.3) is 6.01 Å². The summed E-state index contributed by atoms with van der Waals surface area (Å²) in [5, 5.41) is 9.46. The Kier molecular flexibility index (Phi) is 4.77. The number of quaternary nitrogens is 1. The average molecular weight is 401 g/mol. The van der Waals surface area contributed by atoms with Crippen LogP contribution in [0.2, 0.25) is 0 Å². The number of rotatable bonds is 3. The number of anilines is 1. The van der Waals surface area contributed by atoms with Crippen molar-refractivity contribution in [3.8, 4) is 5.75 Å². The number of phenolic OH excluding ortho intramolecular Hbond substituents is 1. The van der Waals surface area contributed by atoms with Crippen molar-refractivity contribution in [1.29, 1.82) is 0 Å². The molecule has 1 fully saturated rings. The maximum atomic E-state index is 9.46. The molecule has 0 amide bonds. The molecule has 0 saturated carbocycles. The Hall–Kier alpha value is -1.28. The van der Waals surface area contributed by atoms with Crippen molar-refractivity contribution in [1.82, 2.24) is 4.98 Å². The molecular weight excluding hydrogens is 381 g/mol. The largest absolute Gasteiger partial charge is 1.00 e. The van der Waals surface area contributed by atoms with Gasteiger partial charge in [-0.2, -0.15) is 4.98 Å². The first kappa shape index (κ1) is 16.1. The van der Waals surface area contributed by atoms with E-state index in [4.69, 9.17) is 4.42 Å². The Morgan fingerprint density at radius 1 is 1.43 bits per heavy atom. The van der Waals surface area contributed by atoms with Crippen LogP contribution >= 0.6 is 0 Å². The molecule has 1 aromatic heterocycles. The number of halogens is 1. The molecule has 5 nitrogen and oxygen atoms in total. The summed E-state index contributed by atoms with van der Waals surface area (Å²) in [4.78, 5) is 6.66. The van der Waals surface area contributed by atoms with Crippen LogP contribution in [0.1, 0.15) is 0 Å². The molecular formula is C15H20IN3O2. The summed E-state index contributed by atoms with van der Waals surface area (Å²) in [6, 6.07) is 5.66. The lowest BCUT2D eigenvalue weighted by Gasteiger charge is -2.40. The van der Waals surface area contributed by atoms with Gasteiger partial charge in [0.1, 0.15) is 11.3 Å². The summed E-state index contributed by atoms with van der Waals surface area (Å²) >= 11 is 0. The van der Waals surface area contributed by atoms with E-state index < -0.39 is 0 Å². The third kappa shape index (κ3) is 3.32. The topological polar surface area (TPSA) is 49.5 Å². The lowest BCUT2D eigenvalue weighted by Crippen LogP contribution is -3.00. The van der Waals surface area contributed by atoms with E-state index in [1.807, 2.05) is 6.08 Å². The van der Waals surface area contributed by atoms with E-state index in [-0.39, 0.29) is 29.7 Å². The highest BCUT2D eigenvalue weighted by molar-refractivity contribution is 5.76. The van der Waals surface area contributed by atoms with Gasteiger partial charge in [-0.1, -0.05) is 6.58 Å². The average Bonchev–Trinajstić information content (AvgIpc) is 2.82. The summed E-state index contributed by atoms with van der Waals surface area (Å²) < 4.78 is 6.76. The van der Waals surface area contributed by atoms with Crippen LogP contribution in [0.3, 0.4) is 0 Å². The molecule has 0 bridgehead atoms. The Morgan fingerprint density at radius 2 is 2.14 bits per heavy atom. The number of benzene rings is 1. The highest BCUT2D eigenvalue weighted by Crippen LogP contribution is 2.26. The zero-order valence-electron chi connectivity index (χ0n) is 12.1. The highest BCUT2D eigenvalue weighted by atomic mass is 127. The van der Waals surface area contributed by atoms with Crippen molar-refractivity contribution in [2.24, 2.45) is 0 Å². The molecule has 3 rings (SSSR count). The molecule has 114 valence electrons. The number of fused-ring (bicyclic) bond motifs is 1. The highest BCUT2D eigenvalue weighted by Gasteiger charge is 2.29. The number of aromatic hydroxyl groups is 1. The van der Waals surface area contributed by atoms with Crippen LogP contribution in [-0.4, -0.2) is 54.3 Å². The summed E-state index contributed by atoms with van der Waals surface area (Å²) in [6.07, 6.45) is 1.98. The molecule has 1 N–H and O–H groups in total. The maximum absolute atomic E-state index is 9.46. The number of phenols is 1. The van der Waals surface area contributed by atoms with Crippen molar-refractivity contribution in [2.75, 3.05) is 44.7 Å². The van der Waals surface area contributed by atoms with Gasteiger partial charge in [0.05, 0.1) is 39.8 Å². The fourth-order valence-corrected chi connectivity index (χ4v) is 2.67. The minimum absolute atomic E-state index is 0. The first-order valence-corrected chi connectivity index (χ1v) is 6.89. The molecule has 6 heteroatoms. The lowest BCUT2D eigenvalue weighted by molar-refractivity contribution is -0.904. The summed E-state index contributed by atoms with van der Waals surface area (Å²) in [6.45, 7) is 8.77. The van der Waals surface area contributed by atoms with Gasteiger partial charge in [-0.3, -0.25) is 0 Å². The zero-order chi connectivity index (χ0) is 14.2. The van der Waals surface area contributed by atoms with Crippen LogP contribution in [0.15, 0.2) is 35.3 Å². The van der Waals surface area contributed by atoms with Gasteiger partial charge in [0.2, 0.25) is 0 Å². The van der Waals surface area contributed by atoms with Crippen LogP contribution in [-0.2, 0) is 0 Å². The van der Waals surface area contributed by atoms with Crippen LogP contribution in [0, 0.1) is 0 Å². The quantitative estimate of drug-likeness (QED) is 0.407. The number of piperazine rings is 1. The van der Waals surface area contributed by atoms with Crippen LogP contribution < -0.4 is 28.9 Å². The molecule has 21 heavy (non-hydrogen) atoms. The van der Waals surface area contributed by atoms with E-state index in [2.05, 4.69) is 23.5 Å². The van der Waals surface area contributed by atoms with E-state index in [9.17, 15) is 5.11 Å². The molecule has 2 aromatic rings. The van der Waals surface area contributed by atoms with Crippen LogP contribution in [0.25, 0.3) is 11.1 Å². The number of nitrogens with zero attached hydrogens (tertiary/aromatic N) is 3. The number of likely N-dealkylation sites (N-methyl/N-ethyl adjacent to an activating group) is 1. The second-order valence-electron chi connectivity index (χ2n) is 5.67. The number of oxazole rings is 1. The van der Waals surface area contributed by atoms with E-state index in [0.29, 0.717) is 11.6 Å². The molecule has 1 aromatic carbocycles. The van der Waals surface area contributed by atoms with Gasteiger partial charge in [0, 0.05) is 6.07 Å². The van der Waals surface area contributed by atoms with Crippen molar-refractivity contribution in [2.45, 2.75) is 0 Å². The fraction of sp³-hybridized carbons (Fsp3) is 0.400. The third-order valence-electron chi connectivity index (χ3n) is 4.02. The Bertz CT molecular complexity index is 633. The predicted molar refractivity (Wildman–Crippen MR) is 78.9 cm³/mol. The van der Waals surface area contributed by atoms with Crippen LogP contribution in [0.4, 0.5) is 6.01 Å². The Balaban J connectivity index is 0.00000161. The molecule has 0 aliphatic carbocycles. The van der Waals surface area contributed by atoms with Crippen molar-refractivity contribution in [3.63, 3.8) is 0 Å². The van der Waals surface area contributed by atoms with Gasteiger partial charge in [-0.25, -0.2) is 0 Å². The smallest absolute Gasteiger partial charge is 0.298 e. The zero-order valence-corrected chi connectivity index (χ0v) is 14.3. The number of aromatic nitrogens is 1. The van der Waals surface area contributed by atoms with Crippen LogP contribution in [0.5, 0.6) is 5.75 Å². The van der Waals surface area contributed by atoms with E-state index in [0.717, 1.165) is 42.7 Å². The molecule has 0 radical (unpaired) electrons. The van der Waals surface area contributed by atoms with E-state index in [1.54, 1.807) is 18.2 Å². The van der Waals surface area contributed by atoms with Gasteiger partial charge < -0.3 is 42.9 Å². The fourth-order valence-electron chi connectivity index (χ4n) is 2.67. The Labute approximate surface area is 141 Å².